The molecule has 0 heterocycles. The summed E-state index contributed by atoms with van der Waals surface area (Å²) in [6, 6.07) is 0. The summed E-state index contributed by atoms with van der Waals surface area (Å²) in [5.41, 5.74) is 0. The predicted octanol–water partition coefficient (Wildman–Crippen LogP) is 1.87. The largest absolute Gasteiger partial charge is 0.278 e. The van der Waals surface area contributed by atoms with Gasteiger partial charge >= 0.3 is 0 Å². The number of alkyl halides is 4. The molecule has 8 heteroatoms. The highest BCUT2D eigenvalue weighted by molar-refractivity contribution is 6.65. The van der Waals surface area contributed by atoms with Crippen LogP contribution < -0.4 is 0 Å². The molecule has 0 aliphatic rings. The standard InChI is InChI=1S/C6H4Cl2F4O2/c7-5(13)3(11)1(9)2(10)4(12)6(8)14/h1-4H. The molecule has 0 fully saturated rings. The maximum atomic E-state index is 12.5. The molecule has 0 aromatic heterocycles. The van der Waals surface area contributed by atoms with Crippen molar-refractivity contribution < 1.29 is 27.2 Å². The summed E-state index contributed by atoms with van der Waals surface area (Å²) in [5, 5.41) is -3.62. The van der Waals surface area contributed by atoms with Gasteiger partial charge in [-0.1, -0.05) is 0 Å². The van der Waals surface area contributed by atoms with Crippen LogP contribution in [0.5, 0.6) is 0 Å². The number of carbonyl (C=O) groups excluding carboxylic acids is 2. The summed E-state index contributed by atoms with van der Waals surface area (Å²) in [5.74, 6) is 0. The summed E-state index contributed by atoms with van der Waals surface area (Å²) >= 11 is 8.98. The van der Waals surface area contributed by atoms with Crippen LogP contribution in [0.15, 0.2) is 0 Å². The van der Waals surface area contributed by atoms with Gasteiger partial charge in [0, 0.05) is 0 Å². The van der Waals surface area contributed by atoms with Crippen molar-refractivity contribution in [3.05, 3.63) is 0 Å². The minimum Gasteiger partial charge on any atom is -0.278 e. The van der Waals surface area contributed by atoms with Crippen LogP contribution in [0.1, 0.15) is 0 Å². The van der Waals surface area contributed by atoms with Crippen LogP contribution in [0, 0.1) is 0 Å². The fourth-order valence-electron chi connectivity index (χ4n) is 0.573. The minimum absolute atomic E-state index is 1.81. The maximum Gasteiger partial charge on any atom is 0.259 e. The van der Waals surface area contributed by atoms with Crippen LogP contribution in [-0.4, -0.2) is 35.2 Å². The molecule has 0 saturated carbocycles. The Morgan fingerprint density at radius 2 is 1.00 bits per heavy atom. The second-order valence-corrected chi connectivity index (χ2v) is 3.05. The summed E-state index contributed by atoms with van der Waals surface area (Å²) < 4.78 is 49.8. The fourth-order valence-corrected chi connectivity index (χ4v) is 0.814. The van der Waals surface area contributed by atoms with E-state index >= 15 is 0 Å². The lowest BCUT2D eigenvalue weighted by Crippen LogP contribution is -2.39. The maximum absolute atomic E-state index is 12.5. The van der Waals surface area contributed by atoms with Crippen molar-refractivity contribution in [3.8, 4) is 0 Å². The number of rotatable bonds is 5. The summed E-state index contributed by atoms with van der Waals surface area (Å²) in [7, 11) is 0. The van der Waals surface area contributed by atoms with Gasteiger partial charge < -0.3 is 0 Å². The molecule has 0 saturated heterocycles. The van der Waals surface area contributed by atoms with E-state index in [1.807, 2.05) is 0 Å². The molecule has 82 valence electrons. The van der Waals surface area contributed by atoms with Crippen molar-refractivity contribution >= 4 is 33.7 Å². The van der Waals surface area contributed by atoms with Crippen LogP contribution in [-0.2, 0) is 9.59 Å². The molecule has 14 heavy (non-hydrogen) atoms. The molecular formula is C6H4Cl2F4O2. The van der Waals surface area contributed by atoms with Crippen molar-refractivity contribution in [2.45, 2.75) is 24.7 Å². The van der Waals surface area contributed by atoms with E-state index in [1.54, 1.807) is 0 Å². The Bertz CT molecular complexity index is 214. The predicted molar refractivity (Wildman–Crippen MR) is 41.3 cm³/mol. The monoisotopic (exact) mass is 254 g/mol. The highest BCUT2D eigenvalue weighted by atomic mass is 35.5. The Morgan fingerprint density at radius 3 is 1.14 bits per heavy atom. The molecule has 2 nitrogen and oxygen atoms in total. The number of hydrogen-bond acceptors (Lipinski definition) is 2. The van der Waals surface area contributed by atoms with Crippen molar-refractivity contribution in [2.24, 2.45) is 0 Å². The highest BCUT2D eigenvalue weighted by Gasteiger charge is 2.41. The number of halogens is 6. The Morgan fingerprint density at radius 1 is 0.786 bits per heavy atom. The molecule has 0 aliphatic carbocycles. The summed E-state index contributed by atoms with van der Waals surface area (Å²) in [6.45, 7) is 0. The third kappa shape index (κ3) is 3.42. The van der Waals surface area contributed by atoms with Crippen LogP contribution in [0.3, 0.4) is 0 Å². The minimum atomic E-state index is -3.15. The Balaban J connectivity index is 4.45. The Hall–Kier alpha value is -0.360. The molecule has 0 N–H and O–H groups in total. The fraction of sp³-hybridized carbons (Fsp3) is 0.667. The van der Waals surface area contributed by atoms with Gasteiger partial charge in [0.15, 0.2) is 12.3 Å². The quantitative estimate of drug-likeness (QED) is 0.555. The molecule has 0 rings (SSSR count). The van der Waals surface area contributed by atoms with E-state index in [1.165, 1.54) is 0 Å². The molecule has 0 amide bonds. The zero-order chi connectivity index (χ0) is 11.5. The first-order valence-corrected chi connectivity index (χ1v) is 3.99. The topological polar surface area (TPSA) is 34.1 Å². The van der Waals surface area contributed by atoms with E-state index in [9.17, 15) is 27.2 Å². The van der Waals surface area contributed by atoms with Crippen molar-refractivity contribution in [1.82, 2.24) is 0 Å². The van der Waals surface area contributed by atoms with Crippen molar-refractivity contribution in [1.29, 1.82) is 0 Å². The molecule has 0 radical (unpaired) electrons. The average molecular weight is 255 g/mol. The van der Waals surface area contributed by atoms with E-state index in [2.05, 4.69) is 23.2 Å². The smallest absolute Gasteiger partial charge is 0.259 e. The van der Waals surface area contributed by atoms with Crippen molar-refractivity contribution in [2.75, 3.05) is 0 Å². The molecule has 0 aromatic rings. The second-order valence-electron chi connectivity index (χ2n) is 2.30. The Labute approximate surface area is 86.2 Å². The Kier molecular flexibility index (Phi) is 5.36. The molecule has 4 unspecified atom stereocenters. The third-order valence-corrected chi connectivity index (χ3v) is 1.71. The third-order valence-electron chi connectivity index (χ3n) is 1.30. The van der Waals surface area contributed by atoms with E-state index in [4.69, 9.17) is 0 Å². The molecule has 0 aromatic carbocycles. The van der Waals surface area contributed by atoms with Crippen LogP contribution >= 0.6 is 23.2 Å². The highest BCUT2D eigenvalue weighted by Crippen LogP contribution is 2.20. The van der Waals surface area contributed by atoms with E-state index < -0.39 is 35.2 Å². The van der Waals surface area contributed by atoms with Crippen LogP contribution in [0.25, 0.3) is 0 Å². The van der Waals surface area contributed by atoms with Gasteiger partial charge in [-0.05, 0) is 23.2 Å². The summed E-state index contributed by atoms with van der Waals surface area (Å²) in [4.78, 5) is 20.1. The lowest BCUT2D eigenvalue weighted by Gasteiger charge is -2.15. The number of hydrogen-bond donors (Lipinski definition) is 0. The van der Waals surface area contributed by atoms with E-state index in [0.717, 1.165) is 0 Å². The zero-order valence-electron chi connectivity index (χ0n) is 6.39. The molecule has 0 spiro atoms. The molecule has 0 bridgehead atoms. The molecule has 4 atom stereocenters. The van der Waals surface area contributed by atoms with Gasteiger partial charge in [-0.25, -0.2) is 17.6 Å². The SMILES string of the molecule is O=C(Cl)C(F)C(F)C(F)C(F)C(=O)Cl. The van der Waals surface area contributed by atoms with Gasteiger partial charge in [0.25, 0.3) is 10.5 Å². The number of carbonyl (C=O) groups is 2. The molecular weight excluding hydrogens is 251 g/mol. The van der Waals surface area contributed by atoms with Gasteiger partial charge in [0.2, 0.25) is 12.3 Å². The van der Waals surface area contributed by atoms with E-state index in [0.29, 0.717) is 0 Å². The lowest BCUT2D eigenvalue weighted by molar-refractivity contribution is -0.124. The van der Waals surface area contributed by atoms with Crippen LogP contribution in [0.4, 0.5) is 17.6 Å². The normalized spacial score (nSPS) is 19.6. The summed E-state index contributed by atoms with van der Waals surface area (Å²) in [6.07, 6.45) is -12.4. The van der Waals surface area contributed by atoms with Gasteiger partial charge in [0.05, 0.1) is 0 Å². The molecule has 0 aliphatic heterocycles. The van der Waals surface area contributed by atoms with Crippen molar-refractivity contribution in [3.63, 3.8) is 0 Å². The first-order valence-electron chi connectivity index (χ1n) is 3.24. The van der Waals surface area contributed by atoms with E-state index in [-0.39, 0.29) is 0 Å². The van der Waals surface area contributed by atoms with Crippen LogP contribution in [0.2, 0.25) is 0 Å². The first-order chi connectivity index (χ1) is 6.29. The van der Waals surface area contributed by atoms with Gasteiger partial charge in [0.1, 0.15) is 0 Å². The van der Waals surface area contributed by atoms with Gasteiger partial charge in [-0.3, -0.25) is 9.59 Å². The zero-order valence-corrected chi connectivity index (χ0v) is 7.91. The van der Waals surface area contributed by atoms with Gasteiger partial charge in [-0.15, -0.1) is 0 Å². The second kappa shape index (κ2) is 5.50. The van der Waals surface area contributed by atoms with Gasteiger partial charge in [-0.2, -0.15) is 0 Å². The first kappa shape index (κ1) is 13.6. The average Bonchev–Trinajstić information content (AvgIpc) is 2.12. The lowest BCUT2D eigenvalue weighted by atomic mass is 10.1.